The van der Waals surface area contributed by atoms with Crippen molar-refractivity contribution in [3.8, 4) is 0 Å². The highest BCUT2D eigenvalue weighted by Gasteiger charge is 2.39. The van der Waals surface area contributed by atoms with Gasteiger partial charge in [-0.25, -0.2) is 4.99 Å². The topological polar surface area (TPSA) is 74.5 Å². The van der Waals surface area contributed by atoms with Gasteiger partial charge in [0.25, 0.3) is 0 Å². The highest BCUT2D eigenvalue weighted by molar-refractivity contribution is 6.30. The van der Waals surface area contributed by atoms with Crippen LogP contribution in [-0.2, 0) is 12.6 Å². The SMILES string of the molecule is CCNC(=NCC(C)(O)c1cnn(C)c1)NC1CC1c1cccc(Cl)c1. The first kappa shape index (κ1) is 18.7. The van der Waals surface area contributed by atoms with E-state index in [9.17, 15) is 5.11 Å². The Morgan fingerprint density at radius 3 is 2.96 bits per heavy atom. The first-order valence-electron chi connectivity index (χ1n) is 8.91. The lowest BCUT2D eigenvalue weighted by molar-refractivity contribution is 0.0671. The Hall–Kier alpha value is -2.05. The summed E-state index contributed by atoms with van der Waals surface area (Å²) in [7, 11) is 1.83. The van der Waals surface area contributed by atoms with Crippen LogP contribution in [0.1, 0.15) is 37.3 Å². The normalized spacial score (nSPS) is 22.0. The van der Waals surface area contributed by atoms with E-state index in [1.165, 1.54) is 5.56 Å². The van der Waals surface area contributed by atoms with Crippen molar-refractivity contribution in [2.75, 3.05) is 13.1 Å². The van der Waals surface area contributed by atoms with Gasteiger partial charge in [0.2, 0.25) is 0 Å². The molecule has 0 saturated heterocycles. The van der Waals surface area contributed by atoms with Crippen molar-refractivity contribution in [3.63, 3.8) is 0 Å². The van der Waals surface area contributed by atoms with Gasteiger partial charge in [0.05, 0.1) is 12.7 Å². The predicted molar refractivity (Wildman–Crippen MR) is 104 cm³/mol. The molecule has 1 aliphatic rings. The van der Waals surface area contributed by atoms with Crippen molar-refractivity contribution in [2.24, 2.45) is 12.0 Å². The average molecular weight is 376 g/mol. The zero-order chi connectivity index (χ0) is 18.7. The minimum absolute atomic E-state index is 0.253. The van der Waals surface area contributed by atoms with Gasteiger partial charge >= 0.3 is 0 Å². The summed E-state index contributed by atoms with van der Waals surface area (Å²) in [5.41, 5.74) is 0.933. The number of hydrogen-bond donors (Lipinski definition) is 3. The number of nitrogens with zero attached hydrogens (tertiary/aromatic N) is 3. The fourth-order valence-electron chi connectivity index (χ4n) is 2.98. The van der Waals surface area contributed by atoms with E-state index in [-0.39, 0.29) is 6.54 Å². The van der Waals surface area contributed by atoms with E-state index in [1.54, 1.807) is 17.8 Å². The van der Waals surface area contributed by atoms with Crippen LogP contribution in [0.2, 0.25) is 5.02 Å². The Morgan fingerprint density at radius 2 is 2.31 bits per heavy atom. The lowest BCUT2D eigenvalue weighted by Gasteiger charge is -2.20. The van der Waals surface area contributed by atoms with Crippen molar-refractivity contribution in [3.05, 3.63) is 52.8 Å². The molecule has 0 amide bonds. The molecule has 1 aromatic carbocycles. The van der Waals surface area contributed by atoms with E-state index in [2.05, 4.69) is 26.8 Å². The highest BCUT2D eigenvalue weighted by atomic mass is 35.5. The summed E-state index contributed by atoms with van der Waals surface area (Å²) in [6.45, 7) is 4.79. The van der Waals surface area contributed by atoms with Crippen molar-refractivity contribution in [2.45, 2.75) is 37.8 Å². The number of aromatic nitrogens is 2. The van der Waals surface area contributed by atoms with Crippen LogP contribution in [0.5, 0.6) is 0 Å². The summed E-state index contributed by atoms with van der Waals surface area (Å²) in [5.74, 6) is 1.16. The van der Waals surface area contributed by atoms with E-state index >= 15 is 0 Å². The van der Waals surface area contributed by atoms with Gasteiger partial charge in [-0.2, -0.15) is 5.10 Å². The first-order chi connectivity index (χ1) is 12.4. The fourth-order valence-corrected chi connectivity index (χ4v) is 3.18. The minimum Gasteiger partial charge on any atom is -0.383 e. The minimum atomic E-state index is -1.06. The lowest BCUT2D eigenvalue weighted by atomic mass is 10.0. The summed E-state index contributed by atoms with van der Waals surface area (Å²) >= 11 is 6.09. The van der Waals surface area contributed by atoms with Crippen LogP contribution in [0.25, 0.3) is 0 Å². The maximum absolute atomic E-state index is 10.7. The second-order valence-corrected chi connectivity index (χ2v) is 7.46. The molecule has 0 spiro atoms. The van der Waals surface area contributed by atoms with Crippen LogP contribution in [0.15, 0.2) is 41.7 Å². The van der Waals surface area contributed by atoms with Crippen molar-refractivity contribution < 1.29 is 5.11 Å². The number of benzene rings is 1. The van der Waals surface area contributed by atoms with Crippen LogP contribution < -0.4 is 10.6 Å². The van der Waals surface area contributed by atoms with Gasteiger partial charge in [-0.1, -0.05) is 23.7 Å². The number of guanidine groups is 1. The highest BCUT2D eigenvalue weighted by Crippen LogP contribution is 2.41. The zero-order valence-corrected chi connectivity index (χ0v) is 16.2. The van der Waals surface area contributed by atoms with Gasteiger partial charge in [-0.3, -0.25) is 4.68 Å². The molecule has 0 bridgehead atoms. The molecule has 3 N–H and O–H groups in total. The van der Waals surface area contributed by atoms with E-state index in [1.807, 2.05) is 38.4 Å². The Kier molecular flexibility index (Phi) is 5.53. The lowest BCUT2D eigenvalue weighted by Crippen LogP contribution is -2.40. The molecule has 2 aromatic rings. The van der Waals surface area contributed by atoms with Gasteiger partial charge in [0, 0.05) is 42.3 Å². The van der Waals surface area contributed by atoms with Gasteiger partial charge < -0.3 is 15.7 Å². The van der Waals surface area contributed by atoms with Gasteiger partial charge in [-0.05, 0) is 38.0 Å². The molecule has 3 rings (SSSR count). The van der Waals surface area contributed by atoms with Crippen LogP contribution in [0, 0.1) is 0 Å². The third kappa shape index (κ3) is 4.56. The number of nitrogens with one attached hydrogen (secondary N) is 2. The third-order valence-electron chi connectivity index (χ3n) is 4.61. The molecule has 1 aromatic heterocycles. The second-order valence-electron chi connectivity index (χ2n) is 7.02. The summed E-state index contributed by atoms with van der Waals surface area (Å²) < 4.78 is 1.68. The van der Waals surface area contributed by atoms with Gasteiger partial charge in [-0.15, -0.1) is 0 Å². The predicted octanol–water partition coefficient (Wildman–Crippen LogP) is 2.39. The Bertz CT molecular complexity index is 786. The molecule has 1 heterocycles. The number of aryl methyl sites for hydroxylation is 1. The molecule has 1 fully saturated rings. The summed E-state index contributed by atoms with van der Waals surface area (Å²) in [4.78, 5) is 4.58. The molecule has 0 aliphatic heterocycles. The molecule has 6 nitrogen and oxygen atoms in total. The van der Waals surface area contributed by atoms with Crippen molar-refractivity contribution in [1.82, 2.24) is 20.4 Å². The molecule has 26 heavy (non-hydrogen) atoms. The summed E-state index contributed by atoms with van der Waals surface area (Å²) in [6.07, 6.45) is 4.53. The molecule has 1 saturated carbocycles. The molecule has 3 atom stereocenters. The quantitative estimate of drug-likeness (QED) is 0.535. The van der Waals surface area contributed by atoms with Crippen LogP contribution in [0.4, 0.5) is 0 Å². The van der Waals surface area contributed by atoms with Gasteiger partial charge in [0.1, 0.15) is 5.60 Å². The monoisotopic (exact) mass is 375 g/mol. The Labute approximate surface area is 159 Å². The number of hydrogen-bond acceptors (Lipinski definition) is 3. The average Bonchev–Trinajstić information content (AvgIpc) is 3.22. The summed E-state index contributed by atoms with van der Waals surface area (Å²) in [6, 6.07) is 8.33. The zero-order valence-electron chi connectivity index (χ0n) is 15.4. The maximum atomic E-state index is 10.7. The fraction of sp³-hybridized carbons (Fsp3) is 0.474. The standard InChI is InChI=1S/C19H26ClN5O/c1-4-21-18(22-12-19(2,26)14-10-23-25(3)11-14)24-17-9-16(17)13-6-5-7-15(20)8-13/h5-8,10-11,16-17,26H,4,9,12H2,1-3H3,(H2,21,22,24). The second kappa shape index (κ2) is 7.68. The van der Waals surface area contributed by atoms with Crippen LogP contribution >= 0.6 is 11.6 Å². The number of aliphatic imine (C=N–C) groups is 1. The number of rotatable bonds is 6. The Morgan fingerprint density at radius 1 is 1.50 bits per heavy atom. The molecular formula is C19H26ClN5O. The van der Waals surface area contributed by atoms with Gasteiger partial charge in [0.15, 0.2) is 5.96 Å². The maximum Gasteiger partial charge on any atom is 0.191 e. The molecule has 0 radical (unpaired) electrons. The van der Waals surface area contributed by atoms with E-state index in [4.69, 9.17) is 11.6 Å². The van der Waals surface area contributed by atoms with Crippen LogP contribution in [-0.4, -0.2) is 40.0 Å². The van der Waals surface area contributed by atoms with E-state index in [0.717, 1.165) is 23.6 Å². The Balaban J connectivity index is 1.63. The number of halogens is 1. The van der Waals surface area contributed by atoms with E-state index < -0.39 is 5.60 Å². The molecular weight excluding hydrogens is 350 g/mol. The smallest absolute Gasteiger partial charge is 0.191 e. The molecule has 3 unspecified atom stereocenters. The largest absolute Gasteiger partial charge is 0.383 e. The third-order valence-corrected chi connectivity index (χ3v) is 4.84. The van der Waals surface area contributed by atoms with Crippen LogP contribution in [0.3, 0.4) is 0 Å². The van der Waals surface area contributed by atoms with E-state index in [0.29, 0.717) is 17.9 Å². The first-order valence-corrected chi connectivity index (χ1v) is 9.28. The molecule has 1 aliphatic carbocycles. The van der Waals surface area contributed by atoms with Crippen molar-refractivity contribution >= 4 is 17.6 Å². The van der Waals surface area contributed by atoms with Crippen molar-refractivity contribution in [1.29, 1.82) is 0 Å². The molecule has 140 valence electrons. The molecule has 7 heteroatoms. The number of aliphatic hydroxyl groups is 1. The summed E-state index contributed by atoms with van der Waals surface area (Å²) in [5, 5.41) is 22.3.